The Hall–Kier alpha value is -1.25. The Labute approximate surface area is 116 Å². The van der Waals surface area contributed by atoms with E-state index < -0.39 is 8.80 Å². The van der Waals surface area contributed by atoms with Crippen molar-refractivity contribution in [1.29, 1.82) is 0 Å². The number of halogens is 1. The molecule has 0 radical (unpaired) electrons. The first-order valence-electron chi connectivity index (χ1n) is 6.10. The molecule has 0 fully saturated rings. The molecular formula is C15H18ClNSi. The van der Waals surface area contributed by atoms with Crippen LogP contribution in [0.3, 0.4) is 0 Å². The molecule has 3 heteroatoms. The zero-order chi connectivity index (χ0) is 13.0. The maximum atomic E-state index is 6.19. The van der Waals surface area contributed by atoms with Crippen LogP contribution in [-0.2, 0) is 0 Å². The minimum Gasteiger partial charge on any atom is -0.378 e. The van der Waals surface area contributed by atoms with Gasteiger partial charge in [-0.05, 0) is 12.1 Å². The molecule has 0 bridgehead atoms. The molecule has 2 rings (SSSR count). The van der Waals surface area contributed by atoms with Crippen molar-refractivity contribution < 1.29 is 0 Å². The van der Waals surface area contributed by atoms with Crippen molar-refractivity contribution in [3.63, 3.8) is 0 Å². The van der Waals surface area contributed by atoms with Crippen LogP contribution in [0.1, 0.15) is 0 Å². The van der Waals surface area contributed by atoms with Crippen molar-refractivity contribution in [2.45, 2.75) is 0 Å². The van der Waals surface area contributed by atoms with Gasteiger partial charge < -0.3 is 4.90 Å². The molecule has 0 N–H and O–H groups in total. The van der Waals surface area contributed by atoms with Gasteiger partial charge in [0.05, 0.1) is 0 Å². The van der Waals surface area contributed by atoms with E-state index in [1.165, 1.54) is 16.1 Å². The van der Waals surface area contributed by atoms with Crippen molar-refractivity contribution in [3.8, 4) is 0 Å². The summed E-state index contributed by atoms with van der Waals surface area (Å²) in [5, 5.41) is 2.81. The van der Waals surface area contributed by atoms with Crippen LogP contribution in [-0.4, -0.2) is 28.4 Å². The van der Waals surface area contributed by atoms with Gasteiger partial charge in [0.15, 0.2) is 0 Å². The normalized spacial score (nSPS) is 12.2. The van der Waals surface area contributed by atoms with Crippen LogP contribution in [0.15, 0.2) is 54.6 Å². The molecule has 0 aromatic heterocycles. The lowest BCUT2D eigenvalue weighted by Crippen LogP contribution is -2.44. The molecule has 2 aromatic rings. The van der Waals surface area contributed by atoms with Gasteiger partial charge in [0.25, 0.3) is 0 Å². The summed E-state index contributed by atoms with van der Waals surface area (Å²) in [6.45, 7) is 0. The van der Waals surface area contributed by atoms with E-state index in [2.05, 4.69) is 73.6 Å². The van der Waals surface area contributed by atoms with E-state index in [9.17, 15) is 0 Å². The second-order valence-corrected chi connectivity index (χ2v) is 8.28. The molecule has 0 aliphatic rings. The fourth-order valence-corrected chi connectivity index (χ4v) is 5.21. The van der Waals surface area contributed by atoms with Crippen LogP contribution in [0.4, 0.5) is 5.69 Å². The molecule has 94 valence electrons. The zero-order valence-corrected chi connectivity index (χ0v) is 12.7. The van der Waals surface area contributed by atoms with E-state index in [1.807, 2.05) is 0 Å². The Balaban J connectivity index is 2.28. The predicted molar refractivity (Wildman–Crippen MR) is 84.3 cm³/mol. The second-order valence-electron chi connectivity index (χ2n) is 4.60. The first kappa shape index (κ1) is 13.2. The van der Waals surface area contributed by atoms with E-state index in [1.54, 1.807) is 0 Å². The fraction of sp³-hybridized carbons (Fsp3) is 0.200. The molecule has 1 nitrogen and oxygen atoms in total. The van der Waals surface area contributed by atoms with Gasteiger partial charge in [0, 0.05) is 25.3 Å². The third kappa shape index (κ3) is 2.95. The Bertz CT molecular complexity index is 482. The number of nitrogens with zero attached hydrogens (tertiary/aromatic N) is 1. The molecule has 0 aliphatic heterocycles. The summed E-state index contributed by atoms with van der Waals surface area (Å²) in [6.07, 6.45) is 0. The summed E-state index contributed by atoms with van der Waals surface area (Å²) in [7, 11) is 2.88. The second kappa shape index (κ2) is 6.07. The summed E-state index contributed by atoms with van der Waals surface area (Å²) >= 11 is 6.19. The topological polar surface area (TPSA) is 3.24 Å². The summed E-state index contributed by atoms with van der Waals surface area (Å²) < 4.78 is 0. The molecule has 1 unspecified atom stereocenters. The zero-order valence-electron chi connectivity index (χ0n) is 10.8. The first-order valence-corrected chi connectivity index (χ1v) is 8.61. The lowest BCUT2D eigenvalue weighted by molar-refractivity contribution is 1.13. The van der Waals surface area contributed by atoms with Crippen molar-refractivity contribution in [1.82, 2.24) is 0 Å². The third-order valence-electron chi connectivity index (χ3n) is 3.17. The molecular weight excluding hydrogens is 258 g/mol. The highest BCUT2D eigenvalue weighted by molar-refractivity contribution is 6.89. The van der Waals surface area contributed by atoms with E-state index in [4.69, 9.17) is 11.6 Å². The lowest BCUT2D eigenvalue weighted by atomic mass is 10.3. The SMILES string of the molecule is CN(C)c1ccc([SiH](CCl)c2ccccc2)cc1. The van der Waals surface area contributed by atoms with Gasteiger partial charge in [0.1, 0.15) is 8.80 Å². The number of hydrogen-bond donors (Lipinski definition) is 0. The quantitative estimate of drug-likeness (QED) is 0.608. The van der Waals surface area contributed by atoms with Gasteiger partial charge >= 0.3 is 0 Å². The Morgan fingerprint density at radius 1 is 0.889 bits per heavy atom. The average Bonchev–Trinajstić information content (AvgIpc) is 2.41. The molecule has 0 amide bonds. The summed E-state index contributed by atoms with van der Waals surface area (Å²) in [4.78, 5) is 2.11. The van der Waals surface area contributed by atoms with Crippen molar-refractivity contribution >= 4 is 36.5 Å². The minimum atomic E-state index is -1.23. The standard InChI is InChI=1S/C15H18ClNSi/c1-17(2)13-8-10-15(11-9-13)18(12-16)14-6-4-3-5-7-14/h3-11,18H,12H2,1-2H3. The van der Waals surface area contributed by atoms with Gasteiger partial charge in [-0.2, -0.15) is 0 Å². The molecule has 0 aliphatic carbocycles. The number of anilines is 1. The molecule has 0 spiro atoms. The average molecular weight is 276 g/mol. The maximum Gasteiger partial charge on any atom is 0.117 e. The largest absolute Gasteiger partial charge is 0.378 e. The number of benzene rings is 2. The molecule has 0 saturated heterocycles. The summed E-state index contributed by atoms with van der Waals surface area (Å²) in [6, 6.07) is 19.4. The summed E-state index contributed by atoms with van der Waals surface area (Å²) in [5.74, 6) is 0. The van der Waals surface area contributed by atoms with Crippen LogP contribution in [0.25, 0.3) is 0 Å². The fourth-order valence-electron chi connectivity index (χ4n) is 2.06. The van der Waals surface area contributed by atoms with Crippen LogP contribution in [0, 0.1) is 0 Å². The monoisotopic (exact) mass is 275 g/mol. The van der Waals surface area contributed by atoms with Gasteiger partial charge in [-0.15, -0.1) is 11.6 Å². The molecule has 1 atom stereocenters. The van der Waals surface area contributed by atoms with Crippen LogP contribution in [0.5, 0.6) is 0 Å². The van der Waals surface area contributed by atoms with Gasteiger partial charge in [-0.3, -0.25) is 0 Å². The number of alkyl halides is 1. The van der Waals surface area contributed by atoms with Gasteiger partial charge in [0.2, 0.25) is 0 Å². The highest BCUT2D eigenvalue weighted by atomic mass is 35.5. The van der Waals surface area contributed by atoms with Crippen LogP contribution < -0.4 is 15.3 Å². The predicted octanol–water partition coefficient (Wildman–Crippen LogP) is 1.87. The maximum absolute atomic E-state index is 6.19. The molecule has 18 heavy (non-hydrogen) atoms. The number of hydrogen-bond acceptors (Lipinski definition) is 1. The molecule has 2 aromatic carbocycles. The highest BCUT2D eigenvalue weighted by Gasteiger charge is 2.14. The van der Waals surface area contributed by atoms with Crippen molar-refractivity contribution in [2.24, 2.45) is 0 Å². The third-order valence-corrected chi connectivity index (χ3v) is 6.78. The van der Waals surface area contributed by atoms with Gasteiger partial charge in [-0.1, -0.05) is 52.8 Å². The number of rotatable bonds is 4. The molecule has 0 saturated carbocycles. The smallest absolute Gasteiger partial charge is 0.117 e. The Morgan fingerprint density at radius 2 is 1.44 bits per heavy atom. The Kier molecular flexibility index (Phi) is 4.45. The van der Waals surface area contributed by atoms with E-state index in [-0.39, 0.29) is 0 Å². The van der Waals surface area contributed by atoms with Crippen LogP contribution in [0.2, 0.25) is 0 Å². The van der Waals surface area contributed by atoms with E-state index in [0.717, 1.165) is 5.50 Å². The highest BCUT2D eigenvalue weighted by Crippen LogP contribution is 2.08. The Morgan fingerprint density at radius 3 is 1.94 bits per heavy atom. The van der Waals surface area contributed by atoms with Gasteiger partial charge in [-0.25, -0.2) is 0 Å². The molecule has 0 heterocycles. The van der Waals surface area contributed by atoms with Crippen LogP contribution >= 0.6 is 11.6 Å². The van der Waals surface area contributed by atoms with Crippen molar-refractivity contribution in [3.05, 3.63) is 54.6 Å². The minimum absolute atomic E-state index is 0.741. The summed E-state index contributed by atoms with van der Waals surface area (Å²) in [5.41, 5.74) is 1.97. The lowest BCUT2D eigenvalue weighted by Gasteiger charge is -2.16. The van der Waals surface area contributed by atoms with E-state index >= 15 is 0 Å². The first-order chi connectivity index (χ1) is 8.72. The van der Waals surface area contributed by atoms with E-state index in [0.29, 0.717) is 0 Å². The van der Waals surface area contributed by atoms with Crippen molar-refractivity contribution in [2.75, 3.05) is 24.5 Å².